The molecule has 2 aliphatic rings. The highest BCUT2D eigenvalue weighted by molar-refractivity contribution is 6.40. The van der Waals surface area contributed by atoms with Gasteiger partial charge in [0.2, 0.25) is 17.5 Å². The van der Waals surface area contributed by atoms with Crippen LogP contribution < -0.4 is 0 Å². The van der Waals surface area contributed by atoms with Crippen molar-refractivity contribution in [2.75, 3.05) is 5.88 Å². The van der Waals surface area contributed by atoms with Gasteiger partial charge in [-0.1, -0.05) is 0 Å². The summed E-state index contributed by atoms with van der Waals surface area (Å²) in [7, 11) is 0. The van der Waals surface area contributed by atoms with Crippen molar-refractivity contribution in [2.45, 2.75) is 44.2 Å². The van der Waals surface area contributed by atoms with Gasteiger partial charge in [-0.25, -0.2) is 0 Å². The number of Topliss-reactive ketones (excluding diaryl/α,β-unsaturated/α-hetero) is 2. The third kappa shape index (κ3) is 1.86. The fraction of sp³-hybridized carbons (Fsp3) is 0.727. The number of amides is 1. The molecule has 0 aromatic carbocycles. The molecule has 16 heavy (non-hydrogen) atoms. The second kappa shape index (κ2) is 4.53. The molecule has 0 aromatic rings. The maximum atomic E-state index is 11.9. The van der Waals surface area contributed by atoms with E-state index in [0.717, 1.165) is 6.42 Å². The molecule has 2 rings (SSSR count). The van der Waals surface area contributed by atoms with Gasteiger partial charge in [0.1, 0.15) is 0 Å². The third-order valence-electron chi connectivity index (χ3n) is 3.31. The summed E-state index contributed by atoms with van der Waals surface area (Å²) in [5.41, 5.74) is 0. The Morgan fingerprint density at radius 2 is 2.12 bits per heavy atom. The molecule has 2 heterocycles. The summed E-state index contributed by atoms with van der Waals surface area (Å²) in [5, 5.41) is 0. The molecule has 2 saturated heterocycles. The van der Waals surface area contributed by atoms with E-state index in [1.165, 1.54) is 0 Å². The molecule has 2 aliphatic heterocycles. The van der Waals surface area contributed by atoms with E-state index >= 15 is 0 Å². The van der Waals surface area contributed by atoms with Crippen LogP contribution in [0, 0.1) is 0 Å². The largest absolute Gasteiger partial charge is 0.329 e. The molecule has 2 fully saturated rings. The minimum Gasteiger partial charge on any atom is -0.329 e. The zero-order valence-electron chi connectivity index (χ0n) is 8.95. The van der Waals surface area contributed by atoms with Crippen molar-refractivity contribution in [3.05, 3.63) is 0 Å². The molecule has 0 spiro atoms. The number of hydrogen-bond acceptors (Lipinski definition) is 3. The highest BCUT2D eigenvalue weighted by Gasteiger charge is 2.47. The number of carbonyl (C=O) groups is 3. The van der Waals surface area contributed by atoms with Crippen LogP contribution in [0.1, 0.15) is 32.1 Å². The number of carbonyl (C=O) groups excluding carboxylic acids is 3. The Labute approximate surface area is 98.9 Å². The SMILES string of the molecule is O=C1C[C@@H]2CC[C@H](C1=O)N2C(=O)CCCCl. The number of alkyl halides is 1. The van der Waals surface area contributed by atoms with E-state index in [0.29, 0.717) is 25.1 Å². The van der Waals surface area contributed by atoms with Gasteiger partial charge in [0.25, 0.3) is 0 Å². The van der Waals surface area contributed by atoms with Crippen LogP contribution in [0.2, 0.25) is 0 Å². The molecule has 0 saturated carbocycles. The van der Waals surface area contributed by atoms with E-state index in [2.05, 4.69) is 0 Å². The Bertz CT molecular complexity index is 342. The normalized spacial score (nSPS) is 28.7. The third-order valence-corrected chi connectivity index (χ3v) is 3.58. The zero-order chi connectivity index (χ0) is 11.7. The number of nitrogens with zero attached hydrogens (tertiary/aromatic N) is 1. The first kappa shape index (κ1) is 11.6. The summed E-state index contributed by atoms with van der Waals surface area (Å²) in [6.07, 6.45) is 2.62. The quantitative estimate of drug-likeness (QED) is 0.547. The first-order chi connectivity index (χ1) is 7.65. The molecule has 0 aliphatic carbocycles. The lowest BCUT2D eigenvalue weighted by Gasteiger charge is -2.32. The molecular formula is C11H14ClNO3. The smallest absolute Gasteiger partial charge is 0.223 e. The molecule has 88 valence electrons. The van der Waals surface area contributed by atoms with E-state index in [1.54, 1.807) is 4.90 Å². The molecule has 0 aromatic heterocycles. The summed E-state index contributed by atoms with van der Waals surface area (Å²) in [6.45, 7) is 0. The minimum atomic E-state index is -0.478. The summed E-state index contributed by atoms with van der Waals surface area (Å²) >= 11 is 5.53. The number of hydrogen-bond donors (Lipinski definition) is 0. The fourth-order valence-electron chi connectivity index (χ4n) is 2.57. The fourth-order valence-corrected chi connectivity index (χ4v) is 2.70. The van der Waals surface area contributed by atoms with Crippen molar-refractivity contribution in [1.82, 2.24) is 4.90 Å². The van der Waals surface area contributed by atoms with Crippen LogP contribution in [0.3, 0.4) is 0 Å². The number of halogens is 1. The lowest BCUT2D eigenvalue weighted by Crippen LogP contribution is -2.52. The predicted molar refractivity (Wildman–Crippen MR) is 58.2 cm³/mol. The maximum absolute atomic E-state index is 11.9. The van der Waals surface area contributed by atoms with Gasteiger partial charge in [-0.05, 0) is 19.3 Å². The monoisotopic (exact) mass is 243 g/mol. The Morgan fingerprint density at radius 3 is 2.81 bits per heavy atom. The van der Waals surface area contributed by atoms with Gasteiger partial charge in [-0.3, -0.25) is 14.4 Å². The summed E-state index contributed by atoms with van der Waals surface area (Å²) in [4.78, 5) is 36.4. The van der Waals surface area contributed by atoms with Crippen LogP contribution in [0.4, 0.5) is 0 Å². The Hall–Kier alpha value is -0.900. The number of piperidine rings is 1. The zero-order valence-corrected chi connectivity index (χ0v) is 9.70. The molecule has 0 N–H and O–H groups in total. The van der Waals surface area contributed by atoms with Crippen molar-refractivity contribution < 1.29 is 14.4 Å². The van der Waals surface area contributed by atoms with Crippen LogP contribution in [0.25, 0.3) is 0 Å². The highest BCUT2D eigenvalue weighted by Crippen LogP contribution is 2.32. The first-order valence-electron chi connectivity index (χ1n) is 5.59. The van der Waals surface area contributed by atoms with Crippen molar-refractivity contribution in [3.8, 4) is 0 Å². The van der Waals surface area contributed by atoms with Gasteiger partial charge in [0.15, 0.2) is 0 Å². The average molecular weight is 244 g/mol. The molecule has 2 bridgehead atoms. The van der Waals surface area contributed by atoms with Crippen LogP contribution in [-0.4, -0.2) is 40.3 Å². The summed E-state index contributed by atoms with van der Waals surface area (Å²) < 4.78 is 0. The molecule has 5 heteroatoms. The van der Waals surface area contributed by atoms with Crippen molar-refractivity contribution in [2.24, 2.45) is 0 Å². The second-order valence-electron chi connectivity index (χ2n) is 4.33. The van der Waals surface area contributed by atoms with E-state index in [-0.39, 0.29) is 29.9 Å². The van der Waals surface area contributed by atoms with E-state index < -0.39 is 6.04 Å². The van der Waals surface area contributed by atoms with Gasteiger partial charge in [0.05, 0.1) is 6.04 Å². The molecule has 2 atom stereocenters. The minimum absolute atomic E-state index is 0.0333. The van der Waals surface area contributed by atoms with E-state index in [1.807, 2.05) is 0 Å². The van der Waals surface area contributed by atoms with Gasteiger partial charge in [-0.2, -0.15) is 0 Å². The van der Waals surface area contributed by atoms with Crippen LogP contribution in [-0.2, 0) is 14.4 Å². The van der Waals surface area contributed by atoms with E-state index in [4.69, 9.17) is 11.6 Å². The van der Waals surface area contributed by atoms with Gasteiger partial charge in [0, 0.05) is 24.8 Å². The molecule has 1 amide bonds. The Balaban J connectivity index is 2.09. The van der Waals surface area contributed by atoms with Gasteiger partial charge >= 0.3 is 0 Å². The standard InChI is InChI=1S/C11H14ClNO3/c12-5-1-2-10(15)13-7-3-4-8(13)11(16)9(14)6-7/h7-8H,1-6H2/t7-,8+/m0/s1. The van der Waals surface area contributed by atoms with Crippen molar-refractivity contribution in [3.63, 3.8) is 0 Å². The van der Waals surface area contributed by atoms with E-state index in [9.17, 15) is 14.4 Å². The first-order valence-corrected chi connectivity index (χ1v) is 6.12. The second-order valence-corrected chi connectivity index (χ2v) is 4.71. The summed E-state index contributed by atoms with van der Waals surface area (Å²) in [5.74, 6) is -0.280. The van der Waals surface area contributed by atoms with Crippen LogP contribution in [0.5, 0.6) is 0 Å². The Kier molecular flexibility index (Phi) is 3.28. The Morgan fingerprint density at radius 1 is 1.38 bits per heavy atom. The molecule has 0 radical (unpaired) electrons. The lowest BCUT2D eigenvalue weighted by atomic mass is 9.99. The van der Waals surface area contributed by atoms with Gasteiger partial charge in [-0.15, -0.1) is 11.6 Å². The molecular weight excluding hydrogens is 230 g/mol. The average Bonchev–Trinajstić information content (AvgIpc) is 2.62. The number of rotatable bonds is 3. The van der Waals surface area contributed by atoms with Crippen molar-refractivity contribution >= 4 is 29.1 Å². The highest BCUT2D eigenvalue weighted by atomic mass is 35.5. The summed E-state index contributed by atoms with van der Waals surface area (Å²) in [6, 6.07) is -0.521. The molecule has 4 nitrogen and oxygen atoms in total. The number of fused-ring (bicyclic) bond motifs is 2. The van der Waals surface area contributed by atoms with Crippen LogP contribution in [0.15, 0.2) is 0 Å². The van der Waals surface area contributed by atoms with Crippen LogP contribution >= 0.6 is 11.6 Å². The number of ketones is 2. The lowest BCUT2D eigenvalue weighted by molar-refractivity contribution is -0.149. The topological polar surface area (TPSA) is 54.5 Å². The maximum Gasteiger partial charge on any atom is 0.223 e. The van der Waals surface area contributed by atoms with Crippen molar-refractivity contribution in [1.29, 1.82) is 0 Å². The predicted octanol–water partition coefficient (Wildman–Crippen LogP) is 0.907. The van der Waals surface area contributed by atoms with Gasteiger partial charge < -0.3 is 4.90 Å². The molecule has 0 unspecified atom stereocenters.